The standard InChI is InChI=1S/C18H20N2O3/c1-13(21)19-17(14-6-4-3-5-7-14)12-18(22)20-15-8-10-16(23-2)11-9-15/h3-11,17H,12H2,1-2H3,(H,19,21)(H,20,22). The van der Waals surface area contributed by atoms with Crippen molar-refractivity contribution < 1.29 is 14.3 Å². The lowest BCUT2D eigenvalue weighted by Gasteiger charge is -2.18. The number of ether oxygens (including phenoxy) is 1. The number of amides is 2. The van der Waals surface area contributed by atoms with E-state index in [-0.39, 0.29) is 24.3 Å². The Hall–Kier alpha value is -2.82. The van der Waals surface area contributed by atoms with Crippen LogP contribution in [0.4, 0.5) is 5.69 Å². The van der Waals surface area contributed by atoms with Gasteiger partial charge in [-0.2, -0.15) is 0 Å². The molecule has 0 aromatic heterocycles. The fourth-order valence-corrected chi connectivity index (χ4v) is 2.25. The van der Waals surface area contributed by atoms with Gasteiger partial charge in [-0.3, -0.25) is 9.59 Å². The summed E-state index contributed by atoms with van der Waals surface area (Å²) >= 11 is 0. The molecule has 0 aliphatic rings. The summed E-state index contributed by atoms with van der Waals surface area (Å²) in [5.41, 5.74) is 1.58. The van der Waals surface area contributed by atoms with Crippen molar-refractivity contribution in [2.45, 2.75) is 19.4 Å². The average molecular weight is 312 g/mol. The Morgan fingerprint density at radius 2 is 1.70 bits per heavy atom. The van der Waals surface area contributed by atoms with E-state index in [2.05, 4.69) is 10.6 Å². The summed E-state index contributed by atoms with van der Waals surface area (Å²) in [4.78, 5) is 23.6. The molecule has 5 heteroatoms. The van der Waals surface area contributed by atoms with Gasteiger partial charge in [0.25, 0.3) is 0 Å². The Balaban J connectivity index is 2.03. The zero-order valence-electron chi connectivity index (χ0n) is 13.2. The Kier molecular flexibility index (Phi) is 5.74. The van der Waals surface area contributed by atoms with Crippen molar-refractivity contribution in [3.8, 4) is 5.75 Å². The summed E-state index contributed by atoms with van der Waals surface area (Å²) in [5, 5.41) is 5.63. The van der Waals surface area contributed by atoms with Gasteiger partial charge < -0.3 is 15.4 Å². The van der Waals surface area contributed by atoms with E-state index in [1.165, 1.54) is 6.92 Å². The lowest BCUT2D eigenvalue weighted by atomic mass is 10.0. The fraction of sp³-hybridized carbons (Fsp3) is 0.222. The highest BCUT2D eigenvalue weighted by atomic mass is 16.5. The second-order valence-electron chi connectivity index (χ2n) is 5.14. The third-order valence-corrected chi connectivity index (χ3v) is 3.34. The Labute approximate surface area is 135 Å². The molecule has 0 aliphatic heterocycles. The van der Waals surface area contributed by atoms with Crippen LogP contribution in [0.5, 0.6) is 5.75 Å². The topological polar surface area (TPSA) is 67.4 Å². The number of rotatable bonds is 6. The number of hydrogen-bond donors (Lipinski definition) is 2. The molecule has 120 valence electrons. The molecule has 0 aliphatic carbocycles. The van der Waals surface area contributed by atoms with Gasteiger partial charge in [-0.1, -0.05) is 30.3 Å². The zero-order chi connectivity index (χ0) is 16.7. The highest BCUT2D eigenvalue weighted by Crippen LogP contribution is 2.19. The van der Waals surface area contributed by atoms with Crippen LogP contribution < -0.4 is 15.4 Å². The third-order valence-electron chi connectivity index (χ3n) is 3.34. The quantitative estimate of drug-likeness (QED) is 0.862. The van der Waals surface area contributed by atoms with E-state index in [1.54, 1.807) is 31.4 Å². The Morgan fingerprint density at radius 3 is 2.26 bits per heavy atom. The minimum absolute atomic E-state index is 0.162. The lowest BCUT2D eigenvalue weighted by molar-refractivity contribution is -0.120. The van der Waals surface area contributed by atoms with Crippen molar-refractivity contribution in [2.24, 2.45) is 0 Å². The number of benzene rings is 2. The highest BCUT2D eigenvalue weighted by Gasteiger charge is 2.17. The average Bonchev–Trinajstić information content (AvgIpc) is 2.55. The van der Waals surface area contributed by atoms with E-state index >= 15 is 0 Å². The van der Waals surface area contributed by atoms with Gasteiger partial charge in [0.05, 0.1) is 19.6 Å². The third kappa shape index (κ3) is 5.14. The smallest absolute Gasteiger partial charge is 0.226 e. The molecule has 23 heavy (non-hydrogen) atoms. The van der Waals surface area contributed by atoms with Crippen LogP contribution in [-0.4, -0.2) is 18.9 Å². The predicted molar refractivity (Wildman–Crippen MR) is 89.2 cm³/mol. The Morgan fingerprint density at radius 1 is 1.04 bits per heavy atom. The van der Waals surface area contributed by atoms with Crippen molar-refractivity contribution >= 4 is 17.5 Å². The van der Waals surface area contributed by atoms with Gasteiger partial charge in [0.2, 0.25) is 11.8 Å². The van der Waals surface area contributed by atoms with Gasteiger partial charge in [-0.15, -0.1) is 0 Å². The first-order valence-corrected chi connectivity index (χ1v) is 7.34. The lowest BCUT2D eigenvalue weighted by Crippen LogP contribution is -2.29. The molecule has 2 N–H and O–H groups in total. The van der Waals surface area contributed by atoms with E-state index in [1.807, 2.05) is 30.3 Å². The molecule has 2 aromatic carbocycles. The van der Waals surface area contributed by atoms with E-state index in [0.29, 0.717) is 5.69 Å². The zero-order valence-corrected chi connectivity index (χ0v) is 13.2. The van der Waals surface area contributed by atoms with Crippen LogP contribution in [0.25, 0.3) is 0 Å². The number of methoxy groups -OCH3 is 1. The number of carbonyl (C=O) groups excluding carboxylic acids is 2. The number of anilines is 1. The number of carbonyl (C=O) groups is 2. The first-order chi connectivity index (χ1) is 11.1. The molecular weight excluding hydrogens is 292 g/mol. The molecule has 0 bridgehead atoms. The molecule has 5 nitrogen and oxygen atoms in total. The molecule has 0 spiro atoms. The maximum absolute atomic E-state index is 12.2. The molecule has 1 atom stereocenters. The monoisotopic (exact) mass is 312 g/mol. The number of hydrogen-bond acceptors (Lipinski definition) is 3. The van der Waals surface area contributed by atoms with Crippen LogP contribution in [0.3, 0.4) is 0 Å². The van der Waals surface area contributed by atoms with Gasteiger partial charge in [0.1, 0.15) is 5.75 Å². The molecule has 0 fully saturated rings. The van der Waals surface area contributed by atoms with Gasteiger partial charge >= 0.3 is 0 Å². The van der Waals surface area contributed by atoms with E-state index in [0.717, 1.165) is 11.3 Å². The Bertz CT molecular complexity index is 654. The first kappa shape index (κ1) is 16.5. The summed E-state index contributed by atoms with van der Waals surface area (Å²) < 4.78 is 5.08. The van der Waals surface area contributed by atoms with Gasteiger partial charge in [-0.05, 0) is 29.8 Å². The maximum atomic E-state index is 12.2. The van der Waals surface area contributed by atoms with Crippen LogP contribution in [0.2, 0.25) is 0 Å². The number of nitrogens with one attached hydrogen (secondary N) is 2. The molecule has 1 unspecified atom stereocenters. The molecule has 0 radical (unpaired) electrons. The second kappa shape index (κ2) is 7.98. The summed E-state index contributed by atoms with van der Waals surface area (Å²) in [5.74, 6) is 0.386. The fourth-order valence-electron chi connectivity index (χ4n) is 2.25. The van der Waals surface area contributed by atoms with Crippen molar-refractivity contribution in [2.75, 3.05) is 12.4 Å². The maximum Gasteiger partial charge on any atom is 0.226 e. The van der Waals surface area contributed by atoms with Crippen LogP contribution in [0.1, 0.15) is 24.9 Å². The van der Waals surface area contributed by atoms with Crippen molar-refractivity contribution in [3.05, 3.63) is 60.2 Å². The second-order valence-corrected chi connectivity index (χ2v) is 5.14. The van der Waals surface area contributed by atoms with E-state index in [9.17, 15) is 9.59 Å². The minimum atomic E-state index is -0.355. The summed E-state index contributed by atoms with van der Waals surface area (Å²) in [7, 11) is 1.59. The van der Waals surface area contributed by atoms with Crippen molar-refractivity contribution in [3.63, 3.8) is 0 Å². The van der Waals surface area contributed by atoms with Crippen LogP contribution >= 0.6 is 0 Å². The molecule has 2 rings (SSSR count). The normalized spacial score (nSPS) is 11.4. The molecule has 2 amide bonds. The SMILES string of the molecule is COc1ccc(NC(=O)CC(NC(C)=O)c2ccccc2)cc1. The van der Waals surface area contributed by atoms with Crippen LogP contribution in [-0.2, 0) is 9.59 Å². The molecule has 0 saturated heterocycles. The van der Waals surface area contributed by atoms with Crippen molar-refractivity contribution in [1.82, 2.24) is 5.32 Å². The summed E-state index contributed by atoms with van der Waals surface area (Å²) in [6.45, 7) is 1.44. The van der Waals surface area contributed by atoms with E-state index in [4.69, 9.17) is 4.74 Å². The molecule has 2 aromatic rings. The minimum Gasteiger partial charge on any atom is -0.497 e. The van der Waals surface area contributed by atoms with E-state index < -0.39 is 0 Å². The van der Waals surface area contributed by atoms with Crippen LogP contribution in [0.15, 0.2) is 54.6 Å². The highest BCUT2D eigenvalue weighted by molar-refractivity contribution is 5.91. The molecular formula is C18H20N2O3. The largest absolute Gasteiger partial charge is 0.497 e. The van der Waals surface area contributed by atoms with Crippen LogP contribution in [0, 0.1) is 0 Å². The molecule has 0 heterocycles. The first-order valence-electron chi connectivity index (χ1n) is 7.34. The van der Waals surface area contributed by atoms with Gasteiger partial charge in [0.15, 0.2) is 0 Å². The van der Waals surface area contributed by atoms with Gasteiger partial charge in [-0.25, -0.2) is 0 Å². The van der Waals surface area contributed by atoms with Gasteiger partial charge in [0, 0.05) is 12.6 Å². The van der Waals surface area contributed by atoms with Crippen molar-refractivity contribution in [1.29, 1.82) is 0 Å². The predicted octanol–water partition coefficient (Wildman–Crippen LogP) is 2.90. The summed E-state index contributed by atoms with van der Waals surface area (Å²) in [6, 6.07) is 16.2. The summed E-state index contributed by atoms with van der Waals surface area (Å²) in [6.07, 6.45) is 0.162. The molecule has 0 saturated carbocycles.